The van der Waals surface area contributed by atoms with Crippen LogP contribution in [0.25, 0.3) is 0 Å². The molecule has 0 aliphatic carbocycles. The van der Waals surface area contributed by atoms with Crippen LogP contribution in [-0.2, 0) is 10.2 Å². The fraction of sp³-hybridized carbons (Fsp3) is 0.632. The van der Waals surface area contributed by atoms with Gasteiger partial charge in [-0.1, -0.05) is 19.9 Å². The Morgan fingerprint density at radius 1 is 1.30 bits per heavy atom. The summed E-state index contributed by atoms with van der Waals surface area (Å²) in [5.74, 6) is 0.765. The van der Waals surface area contributed by atoms with Gasteiger partial charge in [0.05, 0.1) is 0 Å². The second-order valence-electron chi connectivity index (χ2n) is 7.92. The minimum Gasteiger partial charge on any atom is -0.370 e. The summed E-state index contributed by atoms with van der Waals surface area (Å²) in [6.07, 6.45) is 2.57. The number of carbonyl (C=O) groups excluding carboxylic acids is 1. The van der Waals surface area contributed by atoms with E-state index in [1.54, 1.807) is 6.92 Å². The Balaban J connectivity index is 1.79. The molecule has 2 aliphatic heterocycles. The predicted octanol–water partition coefficient (Wildman–Crippen LogP) is 3.08. The van der Waals surface area contributed by atoms with Crippen LogP contribution < -0.4 is 10.2 Å². The van der Waals surface area contributed by atoms with E-state index in [0.717, 1.165) is 24.7 Å². The van der Waals surface area contributed by atoms with Crippen molar-refractivity contribution in [1.29, 1.82) is 0 Å². The second-order valence-corrected chi connectivity index (χ2v) is 7.92. The molecule has 126 valence electrons. The molecule has 1 aromatic rings. The van der Waals surface area contributed by atoms with E-state index in [9.17, 15) is 4.79 Å². The molecule has 1 fully saturated rings. The third-order valence-electron chi connectivity index (χ3n) is 5.29. The predicted molar refractivity (Wildman–Crippen MR) is 96.2 cm³/mol. The maximum absolute atomic E-state index is 11.3. The Labute approximate surface area is 139 Å². The number of piperidine rings is 1. The van der Waals surface area contributed by atoms with Crippen LogP contribution in [0.5, 0.6) is 0 Å². The average molecular weight is 315 g/mol. The SMILES string of the molecule is CC(=O)Nc1ccc2c(c1)N(CC1CCN(C)CC1)CC2(C)C. The molecule has 1 N–H and O–H groups in total. The molecule has 4 nitrogen and oxygen atoms in total. The summed E-state index contributed by atoms with van der Waals surface area (Å²) in [4.78, 5) is 16.3. The number of hydrogen-bond donors (Lipinski definition) is 1. The average Bonchev–Trinajstić information content (AvgIpc) is 2.71. The molecule has 0 saturated carbocycles. The van der Waals surface area contributed by atoms with Gasteiger partial charge in [0.25, 0.3) is 0 Å². The van der Waals surface area contributed by atoms with Crippen molar-refractivity contribution >= 4 is 17.3 Å². The molecule has 0 aromatic heterocycles. The Morgan fingerprint density at radius 3 is 2.65 bits per heavy atom. The normalized spacial score (nSPS) is 21.3. The maximum atomic E-state index is 11.3. The van der Waals surface area contributed by atoms with Gasteiger partial charge in [-0.2, -0.15) is 0 Å². The van der Waals surface area contributed by atoms with Crippen LogP contribution in [0.15, 0.2) is 18.2 Å². The molecule has 0 radical (unpaired) electrons. The third kappa shape index (κ3) is 3.52. The lowest BCUT2D eigenvalue weighted by molar-refractivity contribution is -0.114. The standard InChI is InChI=1S/C19H29N3O/c1-14(23)20-16-5-6-17-18(11-16)22(13-19(17,2)3)12-15-7-9-21(4)10-8-15/h5-6,11,15H,7-10,12-13H2,1-4H3,(H,20,23). The number of carbonyl (C=O) groups is 1. The van der Waals surface area contributed by atoms with E-state index in [2.05, 4.69) is 48.1 Å². The first-order valence-corrected chi connectivity index (χ1v) is 8.71. The number of nitrogens with one attached hydrogen (secondary N) is 1. The van der Waals surface area contributed by atoms with Gasteiger partial charge in [-0.3, -0.25) is 4.79 Å². The van der Waals surface area contributed by atoms with Gasteiger partial charge in [0.15, 0.2) is 0 Å². The van der Waals surface area contributed by atoms with Crippen LogP contribution in [0.3, 0.4) is 0 Å². The molecule has 1 amide bonds. The zero-order chi connectivity index (χ0) is 16.6. The highest BCUT2D eigenvalue weighted by Gasteiger charge is 2.36. The number of benzene rings is 1. The zero-order valence-electron chi connectivity index (χ0n) is 14.9. The van der Waals surface area contributed by atoms with Gasteiger partial charge in [0, 0.05) is 36.8 Å². The summed E-state index contributed by atoms with van der Waals surface area (Å²) in [7, 11) is 2.21. The number of fused-ring (bicyclic) bond motifs is 1. The van der Waals surface area contributed by atoms with Gasteiger partial charge in [0.1, 0.15) is 0 Å². The fourth-order valence-electron chi connectivity index (χ4n) is 4.01. The lowest BCUT2D eigenvalue weighted by atomic mass is 9.87. The minimum atomic E-state index is -0.0101. The first kappa shape index (κ1) is 16.3. The van der Waals surface area contributed by atoms with Crippen LogP contribution in [0, 0.1) is 5.92 Å². The quantitative estimate of drug-likeness (QED) is 0.931. The Kier molecular flexibility index (Phi) is 4.37. The molecule has 1 saturated heterocycles. The van der Waals surface area contributed by atoms with Gasteiger partial charge in [-0.05, 0) is 56.6 Å². The molecule has 2 heterocycles. The van der Waals surface area contributed by atoms with Crippen molar-refractivity contribution in [2.24, 2.45) is 5.92 Å². The van der Waals surface area contributed by atoms with Crippen molar-refractivity contribution < 1.29 is 4.79 Å². The molecule has 0 atom stereocenters. The Morgan fingerprint density at radius 2 is 2.00 bits per heavy atom. The lowest BCUT2D eigenvalue weighted by Gasteiger charge is -2.33. The highest BCUT2D eigenvalue weighted by Crippen LogP contribution is 2.42. The van der Waals surface area contributed by atoms with E-state index >= 15 is 0 Å². The van der Waals surface area contributed by atoms with Gasteiger partial charge >= 0.3 is 0 Å². The molecule has 4 heteroatoms. The smallest absolute Gasteiger partial charge is 0.221 e. The number of likely N-dealkylation sites (tertiary alicyclic amines) is 1. The van der Waals surface area contributed by atoms with Crippen LogP contribution in [0.4, 0.5) is 11.4 Å². The van der Waals surface area contributed by atoms with E-state index in [-0.39, 0.29) is 11.3 Å². The second kappa shape index (κ2) is 6.16. The highest BCUT2D eigenvalue weighted by atomic mass is 16.1. The minimum absolute atomic E-state index is 0.0101. The summed E-state index contributed by atoms with van der Waals surface area (Å²) in [5.41, 5.74) is 3.79. The first-order chi connectivity index (χ1) is 10.8. The van der Waals surface area contributed by atoms with E-state index in [0.29, 0.717) is 0 Å². The zero-order valence-corrected chi connectivity index (χ0v) is 14.9. The van der Waals surface area contributed by atoms with Gasteiger partial charge < -0.3 is 15.1 Å². The molecule has 1 aromatic carbocycles. The lowest BCUT2D eigenvalue weighted by Crippen LogP contribution is -2.38. The van der Waals surface area contributed by atoms with Crippen LogP contribution in [0.1, 0.15) is 39.2 Å². The first-order valence-electron chi connectivity index (χ1n) is 8.71. The summed E-state index contributed by atoms with van der Waals surface area (Å²) in [5, 5.41) is 2.92. The Hall–Kier alpha value is -1.55. The summed E-state index contributed by atoms with van der Waals surface area (Å²) in [6, 6.07) is 6.37. The summed E-state index contributed by atoms with van der Waals surface area (Å²) >= 11 is 0. The highest BCUT2D eigenvalue weighted by molar-refractivity contribution is 5.89. The number of rotatable bonds is 3. The summed E-state index contributed by atoms with van der Waals surface area (Å²) in [6.45, 7) is 10.8. The van der Waals surface area contributed by atoms with E-state index in [1.807, 2.05) is 6.07 Å². The molecule has 2 aliphatic rings. The van der Waals surface area contributed by atoms with Crippen LogP contribution in [-0.4, -0.2) is 44.0 Å². The van der Waals surface area contributed by atoms with Crippen molar-refractivity contribution in [2.75, 3.05) is 43.4 Å². The van der Waals surface area contributed by atoms with Crippen molar-refractivity contribution in [2.45, 2.75) is 39.0 Å². The summed E-state index contributed by atoms with van der Waals surface area (Å²) < 4.78 is 0. The van der Waals surface area contributed by atoms with Gasteiger partial charge in [0.2, 0.25) is 5.91 Å². The van der Waals surface area contributed by atoms with Crippen LogP contribution >= 0.6 is 0 Å². The number of amides is 1. The molecule has 23 heavy (non-hydrogen) atoms. The van der Waals surface area contributed by atoms with Gasteiger partial charge in [-0.25, -0.2) is 0 Å². The van der Waals surface area contributed by atoms with Crippen molar-refractivity contribution in [3.63, 3.8) is 0 Å². The number of anilines is 2. The van der Waals surface area contributed by atoms with Crippen molar-refractivity contribution in [1.82, 2.24) is 4.90 Å². The Bertz CT molecular complexity index is 588. The molecule has 0 spiro atoms. The van der Waals surface area contributed by atoms with Crippen molar-refractivity contribution in [3.05, 3.63) is 23.8 Å². The molecule has 0 bridgehead atoms. The fourth-order valence-corrected chi connectivity index (χ4v) is 4.01. The van der Waals surface area contributed by atoms with E-state index < -0.39 is 0 Å². The maximum Gasteiger partial charge on any atom is 0.221 e. The number of hydrogen-bond acceptors (Lipinski definition) is 3. The molecular weight excluding hydrogens is 286 g/mol. The molecule has 3 rings (SSSR count). The van der Waals surface area contributed by atoms with E-state index in [4.69, 9.17) is 0 Å². The van der Waals surface area contributed by atoms with Crippen LogP contribution in [0.2, 0.25) is 0 Å². The monoisotopic (exact) mass is 315 g/mol. The van der Waals surface area contributed by atoms with E-state index in [1.165, 1.54) is 37.2 Å². The topological polar surface area (TPSA) is 35.6 Å². The third-order valence-corrected chi connectivity index (χ3v) is 5.29. The number of nitrogens with zero attached hydrogens (tertiary/aromatic N) is 2. The van der Waals surface area contributed by atoms with Crippen molar-refractivity contribution in [3.8, 4) is 0 Å². The molecule has 0 unspecified atom stereocenters. The largest absolute Gasteiger partial charge is 0.370 e. The molecular formula is C19H29N3O. The van der Waals surface area contributed by atoms with Gasteiger partial charge in [-0.15, -0.1) is 0 Å².